The highest BCUT2D eigenvalue weighted by Crippen LogP contribution is 2.44. The summed E-state index contributed by atoms with van der Waals surface area (Å²) < 4.78 is 0. The van der Waals surface area contributed by atoms with E-state index in [1.165, 1.54) is 70.7 Å². The molecule has 0 radical (unpaired) electrons. The smallest absolute Gasteiger partial charge is 0.0788 e. The Hall–Kier alpha value is -5.79. The third-order valence-corrected chi connectivity index (χ3v) is 9.03. The van der Waals surface area contributed by atoms with E-state index in [2.05, 4.69) is 164 Å². The van der Waals surface area contributed by atoms with Crippen molar-refractivity contribution in [1.82, 2.24) is 4.98 Å². The molecule has 0 saturated carbocycles. The van der Waals surface area contributed by atoms with Crippen molar-refractivity contribution in [2.24, 2.45) is 0 Å². The summed E-state index contributed by atoms with van der Waals surface area (Å²) in [5.74, 6) is 0. The predicted molar refractivity (Wildman–Crippen MR) is 188 cm³/mol. The molecule has 0 unspecified atom stereocenters. The number of rotatable bonds is 3. The number of fused-ring (bicyclic) bond motifs is 7. The minimum absolute atomic E-state index is 1.02. The van der Waals surface area contributed by atoms with E-state index >= 15 is 0 Å². The molecule has 0 amide bonds. The van der Waals surface area contributed by atoms with Gasteiger partial charge in [-0.25, -0.2) is 4.98 Å². The Balaban J connectivity index is 1.28. The minimum Gasteiger partial charge on any atom is -0.247 e. The van der Waals surface area contributed by atoms with E-state index in [-0.39, 0.29) is 0 Å². The maximum absolute atomic E-state index is 5.23. The van der Waals surface area contributed by atoms with Crippen LogP contribution in [-0.2, 0) is 0 Å². The molecule has 204 valence electrons. The predicted octanol–water partition coefficient (Wildman–Crippen LogP) is 11.8. The van der Waals surface area contributed by atoms with Crippen LogP contribution in [0.15, 0.2) is 164 Å². The van der Waals surface area contributed by atoms with E-state index in [1.807, 2.05) is 0 Å². The summed E-state index contributed by atoms with van der Waals surface area (Å²) >= 11 is 0. The highest BCUT2D eigenvalue weighted by atomic mass is 14.7. The third kappa shape index (κ3) is 3.76. The maximum atomic E-state index is 5.23. The van der Waals surface area contributed by atoms with E-state index < -0.39 is 0 Å². The van der Waals surface area contributed by atoms with Crippen LogP contribution in [0.3, 0.4) is 0 Å². The topological polar surface area (TPSA) is 12.9 Å². The molecule has 0 bridgehead atoms. The first-order valence-electron chi connectivity index (χ1n) is 15.1. The molecule has 44 heavy (non-hydrogen) atoms. The Morgan fingerprint density at radius 2 is 0.773 bits per heavy atom. The molecule has 0 aliphatic heterocycles. The molecule has 9 rings (SSSR count). The molecule has 0 saturated heterocycles. The van der Waals surface area contributed by atoms with Gasteiger partial charge in [0.25, 0.3) is 0 Å². The van der Waals surface area contributed by atoms with Crippen molar-refractivity contribution in [3.05, 3.63) is 164 Å². The average molecular weight is 558 g/mol. The van der Waals surface area contributed by atoms with Gasteiger partial charge in [0.05, 0.1) is 11.2 Å². The third-order valence-electron chi connectivity index (χ3n) is 9.03. The van der Waals surface area contributed by atoms with Gasteiger partial charge in [-0.1, -0.05) is 158 Å². The van der Waals surface area contributed by atoms with Crippen LogP contribution in [0.25, 0.3) is 87.5 Å². The highest BCUT2D eigenvalue weighted by Gasteiger charge is 2.17. The van der Waals surface area contributed by atoms with E-state index in [9.17, 15) is 0 Å². The first-order valence-corrected chi connectivity index (χ1v) is 15.1. The SMILES string of the molecule is c1ccc(-c2c3ccccc3c(-c3ccc(-c4nc5ccccc5c5c4ccc4ccccc45)cc3)c3ccccc23)cc1. The van der Waals surface area contributed by atoms with Crippen molar-refractivity contribution in [2.75, 3.05) is 0 Å². The normalized spacial score (nSPS) is 11.6. The van der Waals surface area contributed by atoms with Gasteiger partial charge in [-0.05, 0) is 60.6 Å². The first kappa shape index (κ1) is 24.8. The van der Waals surface area contributed by atoms with Gasteiger partial charge in [0.1, 0.15) is 0 Å². The number of hydrogen-bond acceptors (Lipinski definition) is 1. The average Bonchev–Trinajstić information content (AvgIpc) is 3.10. The Morgan fingerprint density at radius 1 is 0.295 bits per heavy atom. The van der Waals surface area contributed by atoms with E-state index in [4.69, 9.17) is 4.98 Å². The molecule has 0 aliphatic carbocycles. The molecule has 9 aromatic rings. The van der Waals surface area contributed by atoms with E-state index in [1.54, 1.807) is 0 Å². The van der Waals surface area contributed by atoms with Crippen LogP contribution in [0.2, 0.25) is 0 Å². The lowest BCUT2D eigenvalue weighted by atomic mass is 9.86. The lowest BCUT2D eigenvalue weighted by Gasteiger charge is -2.18. The molecule has 8 aromatic carbocycles. The second-order valence-corrected chi connectivity index (χ2v) is 11.5. The number of nitrogens with zero attached hydrogens (tertiary/aromatic N) is 1. The molecule has 0 spiro atoms. The Morgan fingerprint density at radius 3 is 1.41 bits per heavy atom. The van der Waals surface area contributed by atoms with Crippen molar-refractivity contribution < 1.29 is 0 Å². The van der Waals surface area contributed by atoms with Crippen LogP contribution >= 0.6 is 0 Å². The lowest BCUT2D eigenvalue weighted by molar-refractivity contribution is 1.43. The first-order chi connectivity index (χ1) is 21.8. The molecule has 0 N–H and O–H groups in total. The van der Waals surface area contributed by atoms with Gasteiger partial charge in [-0.15, -0.1) is 0 Å². The standard InChI is InChI=1S/C43H27N/c1-2-13-29(14-3-1)40-33-16-6-8-18-35(33)41(36-19-9-7-17-34(36)40)30-22-24-31(25-23-30)43-38-27-26-28-12-4-5-15-32(28)42(38)37-20-10-11-21-39(37)44-43/h1-27H. The van der Waals surface area contributed by atoms with Crippen LogP contribution in [-0.4, -0.2) is 4.98 Å². The molecule has 1 aromatic heterocycles. The number of pyridine rings is 1. The molecule has 0 aliphatic rings. The van der Waals surface area contributed by atoms with Gasteiger partial charge in [0, 0.05) is 21.7 Å². The second kappa shape index (κ2) is 9.90. The van der Waals surface area contributed by atoms with E-state index in [0.29, 0.717) is 0 Å². The van der Waals surface area contributed by atoms with Crippen molar-refractivity contribution in [3.8, 4) is 33.5 Å². The van der Waals surface area contributed by atoms with Gasteiger partial charge >= 0.3 is 0 Å². The number of benzene rings is 8. The molecular weight excluding hydrogens is 530 g/mol. The summed E-state index contributed by atoms with van der Waals surface area (Å²) in [5, 5.41) is 11.2. The van der Waals surface area contributed by atoms with Gasteiger partial charge in [-0.3, -0.25) is 0 Å². The van der Waals surface area contributed by atoms with Crippen LogP contribution in [0.5, 0.6) is 0 Å². The molecule has 1 nitrogen and oxygen atoms in total. The van der Waals surface area contributed by atoms with Crippen LogP contribution < -0.4 is 0 Å². The monoisotopic (exact) mass is 557 g/mol. The van der Waals surface area contributed by atoms with Crippen LogP contribution in [0.4, 0.5) is 0 Å². The summed E-state index contributed by atoms with van der Waals surface area (Å²) in [6.45, 7) is 0. The van der Waals surface area contributed by atoms with Crippen molar-refractivity contribution in [1.29, 1.82) is 0 Å². The fourth-order valence-electron chi connectivity index (χ4n) is 7.09. The van der Waals surface area contributed by atoms with E-state index in [0.717, 1.165) is 16.8 Å². The summed E-state index contributed by atoms with van der Waals surface area (Å²) in [7, 11) is 0. The molecule has 0 fully saturated rings. The molecule has 0 atom stereocenters. The van der Waals surface area contributed by atoms with Gasteiger partial charge in [-0.2, -0.15) is 0 Å². The zero-order valence-corrected chi connectivity index (χ0v) is 24.0. The Labute approximate surface area is 255 Å². The zero-order valence-electron chi connectivity index (χ0n) is 24.0. The zero-order chi connectivity index (χ0) is 29.0. The summed E-state index contributed by atoms with van der Waals surface area (Å²) in [6, 6.07) is 59.1. The quantitative estimate of drug-likeness (QED) is 0.155. The van der Waals surface area contributed by atoms with Crippen LogP contribution in [0.1, 0.15) is 0 Å². The number of para-hydroxylation sites is 1. The van der Waals surface area contributed by atoms with Crippen molar-refractivity contribution >= 4 is 54.0 Å². The van der Waals surface area contributed by atoms with Gasteiger partial charge in [0.2, 0.25) is 0 Å². The fourth-order valence-corrected chi connectivity index (χ4v) is 7.09. The maximum Gasteiger partial charge on any atom is 0.0788 e. The molecule has 1 heteroatoms. The fraction of sp³-hybridized carbons (Fsp3) is 0. The number of aromatic nitrogens is 1. The Bertz CT molecular complexity index is 2450. The van der Waals surface area contributed by atoms with Gasteiger partial charge in [0.15, 0.2) is 0 Å². The largest absolute Gasteiger partial charge is 0.247 e. The van der Waals surface area contributed by atoms with Crippen LogP contribution in [0, 0.1) is 0 Å². The van der Waals surface area contributed by atoms with Crippen molar-refractivity contribution in [3.63, 3.8) is 0 Å². The Kier molecular flexibility index (Phi) is 5.57. The second-order valence-electron chi connectivity index (χ2n) is 11.5. The summed E-state index contributed by atoms with van der Waals surface area (Å²) in [6.07, 6.45) is 0. The minimum atomic E-state index is 1.02. The van der Waals surface area contributed by atoms with Gasteiger partial charge < -0.3 is 0 Å². The van der Waals surface area contributed by atoms with Crippen molar-refractivity contribution in [2.45, 2.75) is 0 Å². The number of hydrogen-bond donors (Lipinski definition) is 0. The molecule has 1 heterocycles. The molecular formula is C43H27N. The lowest BCUT2D eigenvalue weighted by Crippen LogP contribution is -1.92. The summed E-state index contributed by atoms with van der Waals surface area (Å²) in [4.78, 5) is 5.23. The highest BCUT2D eigenvalue weighted by molar-refractivity contribution is 6.23. The summed E-state index contributed by atoms with van der Waals surface area (Å²) in [5.41, 5.74) is 8.16.